The van der Waals surface area contributed by atoms with E-state index in [1.807, 2.05) is 24.3 Å². The molecule has 0 unspecified atom stereocenters. The minimum atomic E-state index is -2.71. The maximum Gasteiger partial charge on any atom is 0.333 e. The molecule has 0 aliphatic heterocycles. The second kappa shape index (κ2) is 7.77. The summed E-state index contributed by atoms with van der Waals surface area (Å²) in [6.07, 6.45) is 2.49. The number of benzene rings is 1. The first-order chi connectivity index (χ1) is 12.6. The average Bonchev–Trinajstić information content (AvgIpc) is 3.17. The van der Waals surface area contributed by atoms with Gasteiger partial charge in [-0.3, -0.25) is 0 Å². The van der Waals surface area contributed by atoms with Crippen molar-refractivity contribution in [2.75, 3.05) is 19.5 Å². The fraction of sp³-hybridized carbons (Fsp3) is 0.235. The van der Waals surface area contributed by atoms with Crippen LogP contribution in [0.15, 0.2) is 42.7 Å². The van der Waals surface area contributed by atoms with Gasteiger partial charge in [-0.1, -0.05) is 12.1 Å². The Morgan fingerprint density at radius 2 is 1.88 bits per heavy atom. The summed E-state index contributed by atoms with van der Waals surface area (Å²) >= 11 is 0. The first kappa shape index (κ1) is 17.6. The lowest BCUT2D eigenvalue weighted by molar-refractivity contribution is 0.0566. The summed E-state index contributed by atoms with van der Waals surface area (Å²) in [6.45, 7) is -2.18. The Kier molecular flexibility index (Phi) is 5.26. The molecular formula is C17H17F2N5O2. The molecule has 1 aromatic carbocycles. The average molecular weight is 361 g/mol. The maximum atomic E-state index is 12.7. The van der Waals surface area contributed by atoms with Crippen molar-refractivity contribution in [3.05, 3.63) is 48.3 Å². The third-order valence-corrected chi connectivity index (χ3v) is 3.69. The van der Waals surface area contributed by atoms with Gasteiger partial charge < -0.3 is 14.8 Å². The van der Waals surface area contributed by atoms with Crippen molar-refractivity contribution >= 4 is 5.82 Å². The lowest BCUT2D eigenvalue weighted by Gasteiger charge is -2.09. The number of nitrogens with zero attached hydrogens (tertiary/aromatic N) is 4. The number of methoxy groups -OCH3 is 2. The molecule has 0 radical (unpaired) electrons. The topological polar surface area (TPSA) is 74.1 Å². The van der Waals surface area contributed by atoms with Gasteiger partial charge in [0.05, 0.1) is 20.4 Å². The number of hydrogen-bond donors (Lipinski definition) is 1. The van der Waals surface area contributed by atoms with Crippen LogP contribution in [-0.4, -0.2) is 34.2 Å². The SMILES string of the molecule is COc1ccc(CNc2cc(OC)c(-c3cnn(C(F)F)c3)nn2)cc1. The minimum absolute atomic E-state index is 0.342. The van der Waals surface area contributed by atoms with Crippen LogP contribution in [0.5, 0.6) is 11.5 Å². The smallest absolute Gasteiger partial charge is 0.333 e. The van der Waals surface area contributed by atoms with Crippen LogP contribution in [-0.2, 0) is 6.54 Å². The molecule has 0 bridgehead atoms. The fourth-order valence-electron chi connectivity index (χ4n) is 2.32. The molecule has 136 valence electrons. The van der Waals surface area contributed by atoms with Crippen LogP contribution in [0, 0.1) is 0 Å². The van der Waals surface area contributed by atoms with E-state index < -0.39 is 6.55 Å². The van der Waals surface area contributed by atoms with E-state index in [0.29, 0.717) is 34.1 Å². The highest BCUT2D eigenvalue weighted by Crippen LogP contribution is 2.29. The van der Waals surface area contributed by atoms with Crippen LogP contribution in [0.1, 0.15) is 12.1 Å². The fourth-order valence-corrected chi connectivity index (χ4v) is 2.32. The second-order valence-electron chi connectivity index (χ2n) is 5.33. The lowest BCUT2D eigenvalue weighted by atomic mass is 10.2. The first-order valence-electron chi connectivity index (χ1n) is 7.72. The van der Waals surface area contributed by atoms with E-state index in [0.717, 1.165) is 11.3 Å². The Bertz CT molecular complexity index is 868. The van der Waals surface area contributed by atoms with Crippen molar-refractivity contribution in [1.29, 1.82) is 0 Å². The maximum absolute atomic E-state index is 12.7. The van der Waals surface area contributed by atoms with E-state index in [1.165, 1.54) is 19.5 Å². The van der Waals surface area contributed by atoms with Crippen LogP contribution in [0.3, 0.4) is 0 Å². The number of aromatic nitrogens is 4. The summed E-state index contributed by atoms with van der Waals surface area (Å²) in [5, 5.41) is 14.9. The summed E-state index contributed by atoms with van der Waals surface area (Å²) in [4.78, 5) is 0. The molecule has 0 saturated heterocycles. The molecule has 0 aliphatic rings. The molecule has 3 rings (SSSR count). The van der Waals surface area contributed by atoms with Crippen molar-refractivity contribution in [3.8, 4) is 22.8 Å². The molecule has 7 nitrogen and oxygen atoms in total. The zero-order valence-electron chi connectivity index (χ0n) is 14.2. The van der Waals surface area contributed by atoms with Gasteiger partial charge in [-0.25, -0.2) is 4.68 Å². The molecule has 0 amide bonds. The Labute approximate surface area is 148 Å². The Balaban J connectivity index is 1.75. The number of nitrogens with one attached hydrogen (secondary N) is 1. The number of halogens is 2. The molecule has 2 heterocycles. The van der Waals surface area contributed by atoms with Gasteiger partial charge in [0.25, 0.3) is 0 Å². The van der Waals surface area contributed by atoms with Crippen molar-refractivity contribution in [2.45, 2.75) is 13.1 Å². The lowest BCUT2D eigenvalue weighted by Crippen LogP contribution is -2.04. The molecule has 1 N–H and O–H groups in total. The molecular weight excluding hydrogens is 344 g/mol. The quantitative estimate of drug-likeness (QED) is 0.696. The standard InChI is InChI=1S/C17H17F2N5O2/c1-25-13-5-3-11(4-6-13)8-20-15-7-14(26-2)16(23-22-15)12-9-21-24(10-12)17(18)19/h3-7,9-10,17H,8H2,1-2H3,(H,20,22). The molecule has 26 heavy (non-hydrogen) atoms. The van der Waals surface area contributed by atoms with Gasteiger partial charge in [-0.15, -0.1) is 10.2 Å². The highest BCUT2D eigenvalue weighted by molar-refractivity contribution is 5.66. The molecule has 3 aromatic rings. The monoisotopic (exact) mass is 361 g/mol. The van der Waals surface area contributed by atoms with Crippen molar-refractivity contribution in [2.24, 2.45) is 0 Å². The largest absolute Gasteiger partial charge is 0.497 e. The van der Waals surface area contributed by atoms with Crippen molar-refractivity contribution in [1.82, 2.24) is 20.0 Å². The van der Waals surface area contributed by atoms with Gasteiger partial charge in [0, 0.05) is 24.4 Å². The summed E-state index contributed by atoms with van der Waals surface area (Å²) in [7, 11) is 3.09. The summed E-state index contributed by atoms with van der Waals surface area (Å²) in [5.41, 5.74) is 1.78. The Hall–Kier alpha value is -3.23. The minimum Gasteiger partial charge on any atom is -0.497 e. The van der Waals surface area contributed by atoms with Crippen LogP contribution < -0.4 is 14.8 Å². The van der Waals surface area contributed by atoms with Crippen molar-refractivity contribution < 1.29 is 18.3 Å². The Morgan fingerprint density at radius 1 is 1.12 bits per heavy atom. The van der Waals surface area contributed by atoms with Gasteiger partial charge in [0.15, 0.2) is 11.6 Å². The molecule has 0 saturated carbocycles. The van der Waals surface area contributed by atoms with Gasteiger partial charge in [-0.2, -0.15) is 13.9 Å². The van der Waals surface area contributed by atoms with Crippen LogP contribution in [0.2, 0.25) is 0 Å². The highest BCUT2D eigenvalue weighted by atomic mass is 19.3. The molecule has 0 spiro atoms. The molecule has 2 aromatic heterocycles. The predicted octanol–water partition coefficient (Wildman–Crippen LogP) is 3.36. The van der Waals surface area contributed by atoms with Crippen LogP contribution >= 0.6 is 0 Å². The van der Waals surface area contributed by atoms with Crippen molar-refractivity contribution in [3.63, 3.8) is 0 Å². The van der Waals surface area contributed by atoms with Gasteiger partial charge in [0.2, 0.25) is 0 Å². The Morgan fingerprint density at radius 3 is 2.50 bits per heavy atom. The molecule has 9 heteroatoms. The second-order valence-corrected chi connectivity index (χ2v) is 5.33. The van der Waals surface area contributed by atoms with E-state index in [2.05, 4.69) is 20.6 Å². The highest BCUT2D eigenvalue weighted by Gasteiger charge is 2.15. The summed E-state index contributed by atoms with van der Waals surface area (Å²) < 4.78 is 36.3. The van der Waals surface area contributed by atoms with E-state index in [1.54, 1.807) is 13.2 Å². The molecule has 0 atom stereocenters. The third kappa shape index (κ3) is 3.88. The zero-order valence-corrected chi connectivity index (χ0v) is 14.2. The van der Waals surface area contributed by atoms with E-state index in [9.17, 15) is 8.78 Å². The molecule has 0 aliphatic carbocycles. The molecule has 0 fully saturated rings. The number of rotatable bonds is 7. The van der Waals surface area contributed by atoms with E-state index in [4.69, 9.17) is 9.47 Å². The van der Waals surface area contributed by atoms with Gasteiger partial charge >= 0.3 is 6.55 Å². The number of hydrogen-bond acceptors (Lipinski definition) is 6. The van der Waals surface area contributed by atoms with Crippen LogP contribution in [0.25, 0.3) is 11.3 Å². The predicted molar refractivity (Wildman–Crippen MR) is 91.4 cm³/mol. The third-order valence-electron chi connectivity index (χ3n) is 3.69. The van der Waals surface area contributed by atoms with Gasteiger partial charge in [0.1, 0.15) is 11.4 Å². The van der Waals surface area contributed by atoms with Crippen LogP contribution in [0.4, 0.5) is 14.6 Å². The summed E-state index contributed by atoms with van der Waals surface area (Å²) in [5.74, 6) is 1.69. The summed E-state index contributed by atoms with van der Waals surface area (Å²) in [6, 6.07) is 9.26. The van der Waals surface area contributed by atoms with E-state index >= 15 is 0 Å². The first-order valence-corrected chi connectivity index (χ1v) is 7.72. The van der Waals surface area contributed by atoms with Gasteiger partial charge in [-0.05, 0) is 17.7 Å². The number of anilines is 1. The number of ether oxygens (including phenoxy) is 2. The zero-order chi connectivity index (χ0) is 18.5. The van der Waals surface area contributed by atoms with E-state index in [-0.39, 0.29) is 0 Å². The normalized spacial score (nSPS) is 10.8. The number of alkyl halides is 2.